The van der Waals surface area contributed by atoms with E-state index in [9.17, 15) is 0 Å². The molecular formula is CHCoKNO. The van der Waals surface area contributed by atoms with Crippen molar-refractivity contribution in [1.29, 1.82) is 5.26 Å². The van der Waals surface area contributed by atoms with E-state index < -0.39 is 0 Å². The van der Waals surface area contributed by atoms with E-state index in [1.807, 2.05) is 0 Å². The summed E-state index contributed by atoms with van der Waals surface area (Å²) >= 11 is 0. The normalized spacial score (nSPS) is 1.40. The maximum atomic E-state index is 6.88. The SMILES string of the molecule is N#CO.[Co].[K]. The monoisotopic (exact) mass is 141 g/mol. The molecule has 2 radical (unpaired) electrons. The molecule has 2 nitrogen and oxygen atoms in total. The van der Waals surface area contributed by atoms with Gasteiger partial charge in [0, 0.05) is 68.2 Å². The minimum atomic E-state index is 0. The van der Waals surface area contributed by atoms with Crippen molar-refractivity contribution < 1.29 is 21.9 Å². The number of rotatable bonds is 0. The van der Waals surface area contributed by atoms with Crippen LogP contribution >= 0.6 is 0 Å². The average Bonchev–Trinajstić information content (AvgIpc) is 0.918. The molecule has 0 amide bonds. The molecule has 0 atom stereocenters. The molecule has 0 spiro atoms. The zero-order chi connectivity index (χ0) is 2.71. The van der Waals surface area contributed by atoms with Crippen LogP contribution in [0.25, 0.3) is 0 Å². The topological polar surface area (TPSA) is 44.0 Å². The van der Waals surface area contributed by atoms with Gasteiger partial charge in [0.05, 0.1) is 0 Å². The van der Waals surface area contributed by atoms with Gasteiger partial charge in [0.15, 0.2) is 0 Å². The Morgan fingerprint density at radius 3 is 1.60 bits per heavy atom. The van der Waals surface area contributed by atoms with Crippen LogP contribution in [-0.4, -0.2) is 56.5 Å². The second-order valence-electron chi connectivity index (χ2n) is 0.100. The fourth-order valence-electron chi connectivity index (χ4n) is 0. The largest absolute Gasteiger partial charge is 0.443 e. The van der Waals surface area contributed by atoms with Crippen LogP contribution in [0.3, 0.4) is 0 Å². The minimum absolute atomic E-state index is 0. The van der Waals surface area contributed by atoms with Crippen LogP contribution in [0.15, 0.2) is 0 Å². The van der Waals surface area contributed by atoms with E-state index in [0.717, 1.165) is 6.26 Å². The predicted molar refractivity (Wildman–Crippen MR) is 13.3 cm³/mol. The van der Waals surface area contributed by atoms with Crippen LogP contribution in [0.5, 0.6) is 0 Å². The van der Waals surface area contributed by atoms with Gasteiger partial charge in [0.1, 0.15) is 0 Å². The van der Waals surface area contributed by atoms with Gasteiger partial charge in [-0.05, 0) is 0 Å². The Morgan fingerprint density at radius 2 is 1.60 bits per heavy atom. The van der Waals surface area contributed by atoms with Crippen LogP contribution in [0.4, 0.5) is 0 Å². The summed E-state index contributed by atoms with van der Waals surface area (Å²) in [5.74, 6) is 0. The summed E-state index contributed by atoms with van der Waals surface area (Å²) in [6, 6.07) is 0. The molecule has 0 fully saturated rings. The first-order valence-electron chi connectivity index (χ1n) is 0.447. The molecule has 0 unspecified atom stereocenters. The van der Waals surface area contributed by atoms with Crippen molar-refractivity contribution in [3.05, 3.63) is 0 Å². The third kappa shape index (κ3) is 31.2. The molecule has 0 saturated heterocycles. The van der Waals surface area contributed by atoms with Crippen LogP contribution in [0.2, 0.25) is 0 Å². The molecule has 0 aliphatic heterocycles. The number of nitrogens with zero attached hydrogens (tertiary/aromatic N) is 1. The molecule has 0 rings (SSSR count). The van der Waals surface area contributed by atoms with E-state index in [1.165, 1.54) is 0 Å². The van der Waals surface area contributed by atoms with Gasteiger partial charge in [0.25, 0.3) is 6.26 Å². The molecule has 0 heterocycles. The summed E-state index contributed by atoms with van der Waals surface area (Å²) < 4.78 is 0. The summed E-state index contributed by atoms with van der Waals surface area (Å²) in [6.07, 6.45) is 0.750. The summed E-state index contributed by atoms with van der Waals surface area (Å²) in [5.41, 5.74) is 0. The molecule has 0 aliphatic carbocycles. The molecule has 0 bridgehead atoms. The number of aliphatic hydroxyl groups is 1. The zero-order valence-electron chi connectivity index (χ0n) is 2.73. The second kappa shape index (κ2) is 18.0. The van der Waals surface area contributed by atoms with E-state index in [-0.39, 0.29) is 68.2 Å². The van der Waals surface area contributed by atoms with E-state index >= 15 is 0 Å². The standard InChI is InChI=1S/CHNO.Co.K/c2-1-3;;/h3H;;. The molecule has 0 aromatic rings. The van der Waals surface area contributed by atoms with Crippen molar-refractivity contribution in [3.63, 3.8) is 0 Å². The Balaban J connectivity index is -0.0000000200. The Hall–Kier alpha value is 1.43. The first-order valence-corrected chi connectivity index (χ1v) is 0.447. The van der Waals surface area contributed by atoms with E-state index in [0.29, 0.717) is 0 Å². The number of aliphatic hydroxyl groups excluding tert-OH is 1. The summed E-state index contributed by atoms with van der Waals surface area (Å²) in [4.78, 5) is 0. The number of hydrogen-bond donors (Lipinski definition) is 1. The first kappa shape index (κ1) is 16.1. The molecule has 0 aromatic heterocycles. The Labute approximate surface area is 83.2 Å². The van der Waals surface area contributed by atoms with Gasteiger partial charge in [-0.15, -0.1) is 0 Å². The van der Waals surface area contributed by atoms with E-state index in [2.05, 4.69) is 0 Å². The van der Waals surface area contributed by atoms with Gasteiger partial charge in [-0.2, -0.15) is 5.26 Å². The first-order chi connectivity index (χ1) is 1.41. The van der Waals surface area contributed by atoms with Crippen molar-refractivity contribution >= 4 is 51.4 Å². The minimum Gasteiger partial charge on any atom is -0.443 e. The zero-order valence-corrected chi connectivity index (χ0v) is 6.89. The van der Waals surface area contributed by atoms with Gasteiger partial charge in [-0.1, -0.05) is 0 Å². The van der Waals surface area contributed by atoms with Crippen molar-refractivity contribution in [3.8, 4) is 6.26 Å². The van der Waals surface area contributed by atoms with Crippen molar-refractivity contribution in [2.45, 2.75) is 0 Å². The van der Waals surface area contributed by atoms with Crippen molar-refractivity contribution in [1.82, 2.24) is 0 Å². The summed E-state index contributed by atoms with van der Waals surface area (Å²) in [6.45, 7) is 0. The third-order valence-corrected chi connectivity index (χ3v) is 0. The van der Waals surface area contributed by atoms with Gasteiger partial charge in [-0.25, -0.2) is 0 Å². The second-order valence-corrected chi connectivity index (χ2v) is 0.100. The van der Waals surface area contributed by atoms with Crippen molar-refractivity contribution in [2.24, 2.45) is 0 Å². The van der Waals surface area contributed by atoms with Gasteiger partial charge in [0.2, 0.25) is 0 Å². The Morgan fingerprint density at radius 1 is 1.60 bits per heavy atom. The molecular weight excluding hydrogens is 140 g/mol. The number of nitriles is 1. The molecule has 0 saturated carbocycles. The molecule has 4 heteroatoms. The fourth-order valence-corrected chi connectivity index (χ4v) is 0. The molecule has 5 heavy (non-hydrogen) atoms. The summed E-state index contributed by atoms with van der Waals surface area (Å²) in [5, 5.41) is 13.8. The van der Waals surface area contributed by atoms with Crippen molar-refractivity contribution in [2.75, 3.05) is 0 Å². The maximum Gasteiger partial charge on any atom is 0.283 e. The van der Waals surface area contributed by atoms with Crippen LogP contribution < -0.4 is 0 Å². The predicted octanol–water partition coefficient (Wildman–Crippen LogP) is -0.543. The molecule has 0 aliphatic rings. The van der Waals surface area contributed by atoms with Crippen LogP contribution in [0, 0.1) is 11.5 Å². The van der Waals surface area contributed by atoms with Crippen LogP contribution in [0.1, 0.15) is 0 Å². The van der Waals surface area contributed by atoms with E-state index in [1.54, 1.807) is 0 Å². The van der Waals surface area contributed by atoms with Gasteiger partial charge in [-0.3, -0.25) is 0 Å². The van der Waals surface area contributed by atoms with Gasteiger partial charge < -0.3 is 5.11 Å². The Bertz CT molecular complexity index is 33.1. The number of hydrogen-bond acceptors (Lipinski definition) is 2. The molecule has 26 valence electrons. The molecule has 0 aromatic carbocycles. The Kier molecular flexibility index (Phi) is 58.1. The van der Waals surface area contributed by atoms with Crippen LogP contribution in [-0.2, 0) is 16.8 Å². The van der Waals surface area contributed by atoms with Gasteiger partial charge >= 0.3 is 0 Å². The fraction of sp³-hybridized carbons (Fsp3) is 0. The average molecular weight is 141 g/mol. The molecule has 1 N–H and O–H groups in total. The smallest absolute Gasteiger partial charge is 0.283 e. The quantitative estimate of drug-likeness (QED) is 0.363. The van der Waals surface area contributed by atoms with E-state index in [4.69, 9.17) is 10.4 Å². The maximum absolute atomic E-state index is 6.88. The summed E-state index contributed by atoms with van der Waals surface area (Å²) in [7, 11) is 0. The third-order valence-electron chi connectivity index (χ3n) is 0.